The minimum absolute atomic E-state index is 0.637. The molecule has 0 atom stereocenters. The van der Waals surface area contributed by atoms with Crippen molar-refractivity contribution in [2.45, 2.75) is 13.3 Å². The third-order valence-corrected chi connectivity index (χ3v) is 3.62. The Morgan fingerprint density at radius 2 is 2.24 bits per heavy atom. The average Bonchev–Trinajstić information content (AvgIpc) is 2.78. The molecule has 3 nitrogen and oxygen atoms in total. The maximum Gasteiger partial charge on any atom is 0.127 e. The van der Waals surface area contributed by atoms with E-state index in [4.69, 9.17) is 10.5 Å². The molecule has 0 amide bonds. The van der Waals surface area contributed by atoms with Crippen LogP contribution in [0.1, 0.15) is 10.6 Å². The fraction of sp³-hybridized carbons (Fsp3) is 0.308. The molecule has 2 rings (SSSR count). The van der Waals surface area contributed by atoms with Gasteiger partial charge in [-0.25, -0.2) is 4.98 Å². The predicted octanol–water partition coefficient (Wildman–Crippen LogP) is 2.63. The lowest BCUT2D eigenvalue weighted by Crippen LogP contribution is -2.01. The first kappa shape index (κ1) is 12.1. The fourth-order valence-corrected chi connectivity index (χ4v) is 2.64. The zero-order valence-corrected chi connectivity index (χ0v) is 10.9. The first-order chi connectivity index (χ1) is 8.24. The Hall–Kier alpha value is -1.39. The number of nitrogens with two attached hydrogens (primary N) is 1. The molecule has 90 valence electrons. The van der Waals surface area contributed by atoms with Crippen molar-refractivity contribution in [1.82, 2.24) is 4.98 Å². The zero-order chi connectivity index (χ0) is 12.3. The lowest BCUT2D eigenvalue weighted by atomic mass is 10.1. The van der Waals surface area contributed by atoms with Crippen molar-refractivity contribution >= 4 is 11.3 Å². The number of aryl methyl sites for hydroxylation is 1. The van der Waals surface area contributed by atoms with Gasteiger partial charge in [0.1, 0.15) is 5.75 Å². The van der Waals surface area contributed by atoms with E-state index in [1.54, 1.807) is 18.4 Å². The van der Waals surface area contributed by atoms with E-state index >= 15 is 0 Å². The Morgan fingerprint density at radius 1 is 1.41 bits per heavy atom. The number of hydrogen-bond acceptors (Lipinski definition) is 4. The van der Waals surface area contributed by atoms with E-state index in [2.05, 4.69) is 18.0 Å². The van der Waals surface area contributed by atoms with E-state index in [0.29, 0.717) is 6.54 Å². The second-order valence-corrected chi connectivity index (χ2v) is 4.98. The highest BCUT2D eigenvalue weighted by atomic mass is 32.1. The average molecular weight is 248 g/mol. The Bertz CT molecular complexity index is 508. The number of hydrogen-bond donors (Lipinski definition) is 1. The van der Waals surface area contributed by atoms with E-state index in [9.17, 15) is 0 Å². The van der Waals surface area contributed by atoms with Crippen LogP contribution in [0.5, 0.6) is 5.75 Å². The molecule has 0 bridgehead atoms. The van der Waals surface area contributed by atoms with Crippen molar-refractivity contribution in [1.29, 1.82) is 0 Å². The summed E-state index contributed by atoms with van der Waals surface area (Å²) in [5.41, 5.74) is 7.85. The maximum atomic E-state index is 5.53. The summed E-state index contributed by atoms with van der Waals surface area (Å²) in [6.07, 6.45) is 2.73. The predicted molar refractivity (Wildman–Crippen MR) is 71.6 cm³/mol. The third-order valence-electron chi connectivity index (χ3n) is 2.53. The van der Waals surface area contributed by atoms with Gasteiger partial charge in [0.15, 0.2) is 0 Å². The van der Waals surface area contributed by atoms with Crippen LogP contribution < -0.4 is 10.5 Å². The number of aromatic nitrogens is 1. The number of thiazole rings is 1. The molecule has 0 unspecified atom stereocenters. The smallest absolute Gasteiger partial charge is 0.127 e. The molecule has 0 radical (unpaired) electrons. The molecule has 0 saturated heterocycles. The summed E-state index contributed by atoms with van der Waals surface area (Å²) >= 11 is 1.68. The lowest BCUT2D eigenvalue weighted by Gasteiger charge is -2.06. The van der Waals surface area contributed by atoms with Crippen molar-refractivity contribution in [2.24, 2.45) is 5.73 Å². The molecule has 0 fully saturated rings. The molecule has 2 N–H and O–H groups in total. The van der Waals surface area contributed by atoms with E-state index < -0.39 is 0 Å². The van der Waals surface area contributed by atoms with Crippen molar-refractivity contribution < 1.29 is 4.74 Å². The van der Waals surface area contributed by atoms with Crippen LogP contribution in [0.25, 0.3) is 10.4 Å². The molecule has 0 saturated carbocycles. The van der Waals surface area contributed by atoms with Crippen molar-refractivity contribution in [3.05, 3.63) is 35.0 Å². The maximum absolute atomic E-state index is 5.53. The summed E-state index contributed by atoms with van der Waals surface area (Å²) in [6, 6.07) is 6.16. The minimum Gasteiger partial charge on any atom is -0.496 e. The topological polar surface area (TPSA) is 48.1 Å². The molecule has 17 heavy (non-hydrogen) atoms. The summed E-state index contributed by atoms with van der Waals surface area (Å²) < 4.78 is 5.38. The molecular formula is C13H16N2OS. The second kappa shape index (κ2) is 5.29. The number of ether oxygens (including phenoxy) is 1. The van der Waals surface area contributed by atoms with Gasteiger partial charge in [0, 0.05) is 18.2 Å². The van der Waals surface area contributed by atoms with Crippen LogP contribution in [0.4, 0.5) is 0 Å². The highest BCUT2D eigenvalue weighted by molar-refractivity contribution is 7.15. The van der Waals surface area contributed by atoms with Gasteiger partial charge in [0.25, 0.3) is 0 Å². The summed E-state index contributed by atoms with van der Waals surface area (Å²) in [5.74, 6) is 0.888. The molecule has 1 aromatic heterocycles. The summed E-state index contributed by atoms with van der Waals surface area (Å²) in [5, 5.41) is 1.08. The number of methoxy groups -OCH3 is 1. The Morgan fingerprint density at radius 3 is 2.94 bits per heavy atom. The molecule has 0 spiro atoms. The summed E-state index contributed by atoms with van der Waals surface area (Å²) in [4.78, 5) is 5.50. The second-order valence-electron chi connectivity index (χ2n) is 3.86. The van der Waals surface area contributed by atoms with Crippen LogP contribution in [0.2, 0.25) is 0 Å². The van der Waals surface area contributed by atoms with E-state index in [1.165, 1.54) is 5.56 Å². The number of nitrogens with zero attached hydrogens (tertiary/aromatic N) is 1. The van der Waals surface area contributed by atoms with Crippen LogP contribution >= 0.6 is 11.3 Å². The molecule has 2 aromatic rings. The van der Waals surface area contributed by atoms with Crippen LogP contribution in [-0.2, 0) is 6.42 Å². The molecule has 1 heterocycles. The van der Waals surface area contributed by atoms with Gasteiger partial charge < -0.3 is 10.5 Å². The van der Waals surface area contributed by atoms with E-state index in [0.717, 1.165) is 27.6 Å². The first-order valence-corrected chi connectivity index (χ1v) is 6.36. The van der Waals surface area contributed by atoms with Gasteiger partial charge in [0.05, 0.1) is 17.0 Å². The quantitative estimate of drug-likeness (QED) is 0.904. The number of benzene rings is 1. The summed E-state index contributed by atoms with van der Waals surface area (Å²) in [6.45, 7) is 2.71. The van der Waals surface area contributed by atoms with E-state index in [-0.39, 0.29) is 0 Å². The van der Waals surface area contributed by atoms with Gasteiger partial charge in [-0.2, -0.15) is 0 Å². The van der Waals surface area contributed by atoms with Gasteiger partial charge in [-0.3, -0.25) is 0 Å². The highest BCUT2D eigenvalue weighted by Gasteiger charge is 2.09. The van der Waals surface area contributed by atoms with Gasteiger partial charge in [-0.1, -0.05) is 11.6 Å². The van der Waals surface area contributed by atoms with Gasteiger partial charge in [-0.15, -0.1) is 11.3 Å². The molecule has 0 aliphatic rings. The SMILES string of the molecule is COc1ccc(C)cc1-c1cnc(CCN)s1. The number of rotatable bonds is 4. The van der Waals surface area contributed by atoms with Gasteiger partial charge in [0.2, 0.25) is 0 Å². The fourth-order valence-electron chi connectivity index (χ4n) is 1.69. The van der Waals surface area contributed by atoms with Crippen LogP contribution in [0.3, 0.4) is 0 Å². The Kier molecular flexibility index (Phi) is 3.76. The largest absolute Gasteiger partial charge is 0.496 e. The molecule has 1 aromatic carbocycles. The monoisotopic (exact) mass is 248 g/mol. The zero-order valence-electron chi connectivity index (χ0n) is 10.1. The standard InChI is InChI=1S/C13H16N2OS/c1-9-3-4-11(16-2)10(7-9)12-8-15-13(17-12)5-6-14/h3-4,7-8H,5-6,14H2,1-2H3. The Labute approximate surface area is 105 Å². The van der Waals surface area contributed by atoms with Crippen LogP contribution in [0, 0.1) is 6.92 Å². The van der Waals surface area contributed by atoms with Crippen LogP contribution in [0.15, 0.2) is 24.4 Å². The first-order valence-electron chi connectivity index (χ1n) is 5.54. The molecule has 4 heteroatoms. The van der Waals surface area contributed by atoms with E-state index in [1.807, 2.05) is 18.3 Å². The van der Waals surface area contributed by atoms with Crippen molar-refractivity contribution in [3.8, 4) is 16.2 Å². The lowest BCUT2D eigenvalue weighted by molar-refractivity contribution is 0.416. The normalized spacial score (nSPS) is 10.5. The highest BCUT2D eigenvalue weighted by Crippen LogP contribution is 2.34. The molecule has 0 aliphatic heterocycles. The third kappa shape index (κ3) is 2.65. The van der Waals surface area contributed by atoms with Gasteiger partial charge in [-0.05, 0) is 25.6 Å². The Balaban J connectivity index is 2.40. The minimum atomic E-state index is 0.637. The van der Waals surface area contributed by atoms with Gasteiger partial charge >= 0.3 is 0 Å². The van der Waals surface area contributed by atoms with Crippen LogP contribution in [-0.4, -0.2) is 18.6 Å². The van der Waals surface area contributed by atoms with Crippen molar-refractivity contribution in [2.75, 3.05) is 13.7 Å². The molecular weight excluding hydrogens is 232 g/mol. The summed E-state index contributed by atoms with van der Waals surface area (Å²) in [7, 11) is 1.69. The van der Waals surface area contributed by atoms with Crippen molar-refractivity contribution in [3.63, 3.8) is 0 Å². The molecule has 0 aliphatic carbocycles.